The highest BCUT2D eigenvalue weighted by Gasteiger charge is 2.06. The van der Waals surface area contributed by atoms with Crippen molar-refractivity contribution in [2.24, 2.45) is 0 Å². The molecule has 0 unspecified atom stereocenters. The Morgan fingerprint density at radius 1 is 1.24 bits per heavy atom. The van der Waals surface area contributed by atoms with Crippen LogP contribution in [0.2, 0.25) is 0 Å². The van der Waals surface area contributed by atoms with Gasteiger partial charge in [-0.2, -0.15) is 0 Å². The number of rotatable bonds is 2. The van der Waals surface area contributed by atoms with E-state index in [1.54, 1.807) is 18.4 Å². The van der Waals surface area contributed by atoms with Crippen LogP contribution < -0.4 is 4.74 Å². The molecule has 0 amide bonds. The number of ether oxygens (including phenoxy) is 1. The maximum Gasteiger partial charge on any atom is 0.119 e. The number of nitrogens with zero attached hydrogens (tertiary/aromatic N) is 1. The molecular formula is C14H11NOS. The van der Waals surface area contributed by atoms with Crippen LogP contribution in [-0.4, -0.2) is 12.1 Å². The summed E-state index contributed by atoms with van der Waals surface area (Å²) < 4.78 is 6.51. The zero-order chi connectivity index (χ0) is 11.7. The fraction of sp³-hybridized carbons (Fsp3) is 0.0714. The summed E-state index contributed by atoms with van der Waals surface area (Å²) in [6.45, 7) is 0. The van der Waals surface area contributed by atoms with Crippen molar-refractivity contribution in [2.75, 3.05) is 7.11 Å². The van der Waals surface area contributed by atoms with Gasteiger partial charge in [-0.1, -0.05) is 12.1 Å². The quantitative estimate of drug-likeness (QED) is 0.677. The average molecular weight is 241 g/mol. The molecule has 3 rings (SSSR count). The van der Waals surface area contributed by atoms with Crippen LogP contribution in [0.4, 0.5) is 0 Å². The van der Waals surface area contributed by atoms with Crippen LogP contribution in [0.5, 0.6) is 5.75 Å². The predicted octanol–water partition coefficient (Wildman–Crippen LogP) is 3.97. The number of benzene rings is 1. The van der Waals surface area contributed by atoms with Crippen molar-refractivity contribution in [1.29, 1.82) is 0 Å². The Balaban J connectivity index is 2.20. The van der Waals surface area contributed by atoms with Crippen LogP contribution in [0, 0.1) is 0 Å². The van der Waals surface area contributed by atoms with Crippen LogP contribution in [-0.2, 0) is 0 Å². The van der Waals surface area contributed by atoms with Crippen LogP contribution in [0.15, 0.2) is 48.1 Å². The van der Waals surface area contributed by atoms with Crippen molar-refractivity contribution in [3.63, 3.8) is 0 Å². The normalized spacial score (nSPS) is 10.6. The van der Waals surface area contributed by atoms with E-state index in [2.05, 4.69) is 22.5 Å². The van der Waals surface area contributed by atoms with Gasteiger partial charge >= 0.3 is 0 Å². The molecule has 2 heterocycles. The molecule has 0 aliphatic carbocycles. The van der Waals surface area contributed by atoms with Gasteiger partial charge in [0.1, 0.15) is 5.75 Å². The Bertz CT molecular complexity index is 660. The number of thiophene rings is 1. The lowest BCUT2D eigenvalue weighted by atomic mass is 10.1. The number of fused-ring (bicyclic) bond motifs is 1. The minimum absolute atomic E-state index is 0.880. The molecule has 84 valence electrons. The van der Waals surface area contributed by atoms with Crippen molar-refractivity contribution in [1.82, 2.24) is 4.98 Å². The third kappa shape index (κ3) is 1.78. The molecule has 2 nitrogen and oxygen atoms in total. The SMILES string of the molecule is COc1cccc(-c2csc3ccncc23)c1. The average Bonchev–Trinajstić information content (AvgIpc) is 2.82. The van der Waals surface area contributed by atoms with Gasteiger partial charge in [0.05, 0.1) is 7.11 Å². The molecule has 0 aliphatic heterocycles. The number of hydrogen-bond acceptors (Lipinski definition) is 3. The smallest absolute Gasteiger partial charge is 0.119 e. The molecule has 0 N–H and O–H groups in total. The first-order valence-corrected chi connectivity index (χ1v) is 6.22. The largest absolute Gasteiger partial charge is 0.497 e. The summed E-state index contributed by atoms with van der Waals surface area (Å²) in [5, 5.41) is 3.37. The maximum absolute atomic E-state index is 5.25. The standard InChI is InChI=1S/C14H11NOS/c1-16-11-4-2-3-10(7-11)13-9-17-14-5-6-15-8-12(13)14/h2-9H,1H3. The Kier molecular flexibility index (Phi) is 2.53. The third-order valence-electron chi connectivity index (χ3n) is 2.76. The summed E-state index contributed by atoms with van der Waals surface area (Å²) in [6.07, 6.45) is 3.74. The zero-order valence-electron chi connectivity index (χ0n) is 9.38. The summed E-state index contributed by atoms with van der Waals surface area (Å²) in [6, 6.07) is 10.2. The van der Waals surface area contributed by atoms with Crippen molar-refractivity contribution in [2.45, 2.75) is 0 Å². The lowest BCUT2D eigenvalue weighted by Crippen LogP contribution is -1.83. The second kappa shape index (κ2) is 4.18. The first-order valence-electron chi connectivity index (χ1n) is 5.34. The molecular weight excluding hydrogens is 230 g/mol. The number of methoxy groups -OCH3 is 1. The summed E-state index contributed by atoms with van der Waals surface area (Å²) in [5.41, 5.74) is 2.39. The van der Waals surface area contributed by atoms with E-state index < -0.39 is 0 Å². The fourth-order valence-electron chi connectivity index (χ4n) is 1.89. The molecule has 0 saturated heterocycles. The molecule has 0 fully saturated rings. The zero-order valence-corrected chi connectivity index (χ0v) is 10.2. The van der Waals surface area contributed by atoms with Crippen LogP contribution in [0.3, 0.4) is 0 Å². The summed E-state index contributed by atoms with van der Waals surface area (Å²) in [5.74, 6) is 0.880. The molecule has 0 saturated carbocycles. The molecule has 3 heteroatoms. The molecule has 0 aliphatic rings. The van der Waals surface area contributed by atoms with Gasteiger partial charge in [-0.3, -0.25) is 4.98 Å². The number of pyridine rings is 1. The lowest BCUT2D eigenvalue weighted by molar-refractivity contribution is 0.415. The highest BCUT2D eigenvalue weighted by atomic mass is 32.1. The fourth-order valence-corrected chi connectivity index (χ4v) is 2.82. The molecule has 0 atom stereocenters. The van der Waals surface area contributed by atoms with Gasteiger partial charge in [0.2, 0.25) is 0 Å². The minimum Gasteiger partial charge on any atom is -0.497 e. The Morgan fingerprint density at radius 2 is 2.18 bits per heavy atom. The topological polar surface area (TPSA) is 22.1 Å². The molecule has 2 aromatic heterocycles. The molecule has 3 aromatic rings. The van der Waals surface area contributed by atoms with Gasteiger partial charge in [0.25, 0.3) is 0 Å². The number of aromatic nitrogens is 1. The Hall–Kier alpha value is -1.87. The summed E-state index contributed by atoms with van der Waals surface area (Å²) in [4.78, 5) is 4.19. The molecule has 0 bridgehead atoms. The highest BCUT2D eigenvalue weighted by molar-refractivity contribution is 7.17. The van der Waals surface area contributed by atoms with E-state index in [0.29, 0.717) is 0 Å². The lowest BCUT2D eigenvalue weighted by Gasteiger charge is -2.03. The second-order valence-electron chi connectivity index (χ2n) is 3.75. The first-order chi connectivity index (χ1) is 8.38. The van der Waals surface area contributed by atoms with E-state index in [1.165, 1.54) is 21.2 Å². The van der Waals surface area contributed by atoms with Gasteiger partial charge < -0.3 is 4.74 Å². The van der Waals surface area contributed by atoms with Crippen LogP contribution in [0.25, 0.3) is 21.2 Å². The van der Waals surface area contributed by atoms with E-state index in [-0.39, 0.29) is 0 Å². The van der Waals surface area contributed by atoms with Crippen LogP contribution >= 0.6 is 11.3 Å². The Labute approximate surface area is 104 Å². The highest BCUT2D eigenvalue weighted by Crippen LogP contribution is 2.34. The van der Waals surface area contributed by atoms with E-state index in [9.17, 15) is 0 Å². The van der Waals surface area contributed by atoms with E-state index in [1.807, 2.05) is 30.6 Å². The maximum atomic E-state index is 5.25. The first kappa shape index (κ1) is 10.3. The minimum atomic E-state index is 0.880. The monoisotopic (exact) mass is 241 g/mol. The van der Waals surface area contributed by atoms with Crippen LogP contribution in [0.1, 0.15) is 0 Å². The Morgan fingerprint density at radius 3 is 3.06 bits per heavy atom. The van der Waals surface area contributed by atoms with Gasteiger partial charge in [-0.15, -0.1) is 11.3 Å². The van der Waals surface area contributed by atoms with Gasteiger partial charge in [-0.25, -0.2) is 0 Å². The molecule has 17 heavy (non-hydrogen) atoms. The van der Waals surface area contributed by atoms with Crippen molar-refractivity contribution in [3.05, 3.63) is 48.1 Å². The molecule has 0 spiro atoms. The van der Waals surface area contributed by atoms with Crippen molar-refractivity contribution in [3.8, 4) is 16.9 Å². The van der Waals surface area contributed by atoms with E-state index >= 15 is 0 Å². The number of hydrogen-bond donors (Lipinski definition) is 0. The van der Waals surface area contributed by atoms with Crippen molar-refractivity contribution < 1.29 is 4.74 Å². The third-order valence-corrected chi connectivity index (χ3v) is 3.72. The second-order valence-corrected chi connectivity index (χ2v) is 4.66. The van der Waals surface area contributed by atoms with Gasteiger partial charge in [0.15, 0.2) is 0 Å². The van der Waals surface area contributed by atoms with E-state index in [4.69, 9.17) is 4.74 Å². The van der Waals surface area contributed by atoms with Gasteiger partial charge in [0, 0.05) is 28.0 Å². The summed E-state index contributed by atoms with van der Waals surface area (Å²) in [7, 11) is 1.69. The molecule has 1 aromatic carbocycles. The van der Waals surface area contributed by atoms with E-state index in [0.717, 1.165) is 5.75 Å². The summed E-state index contributed by atoms with van der Waals surface area (Å²) >= 11 is 1.74. The van der Waals surface area contributed by atoms with Gasteiger partial charge in [-0.05, 0) is 29.1 Å². The molecule has 0 radical (unpaired) electrons. The van der Waals surface area contributed by atoms with Crippen molar-refractivity contribution >= 4 is 21.4 Å². The predicted molar refractivity (Wildman–Crippen MR) is 71.6 cm³/mol.